The summed E-state index contributed by atoms with van der Waals surface area (Å²) in [5, 5.41) is 1.77. The van der Waals surface area contributed by atoms with Crippen molar-refractivity contribution in [3.63, 3.8) is 0 Å². The van der Waals surface area contributed by atoms with Crippen LogP contribution < -0.4 is 4.72 Å². The summed E-state index contributed by atoms with van der Waals surface area (Å²) in [4.78, 5) is 0. The number of nitrogens with one attached hydrogen (secondary N) is 1. The van der Waals surface area contributed by atoms with Gasteiger partial charge in [-0.05, 0) is 52.6 Å². The standard InChI is InChI=1S/C11H14BrNO2S2/c12-10-6-7-16-11(10)17(14,15)13-8-9-4-2-1-3-5-9/h1-2,6-7,9,13H,3-5,8H2. The second-order valence-electron chi connectivity index (χ2n) is 4.06. The van der Waals surface area contributed by atoms with Crippen LogP contribution in [0.5, 0.6) is 0 Å². The van der Waals surface area contributed by atoms with Gasteiger partial charge in [0.15, 0.2) is 0 Å². The molecule has 0 radical (unpaired) electrons. The molecule has 0 saturated heterocycles. The number of thiophene rings is 1. The Morgan fingerprint density at radius 1 is 1.47 bits per heavy atom. The SMILES string of the molecule is O=S(=O)(NCC1CC=CCC1)c1sccc1Br. The lowest BCUT2D eigenvalue weighted by atomic mass is 9.95. The summed E-state index contributed by atoms with van der Waals surface area (Å²) in [7, 11) is -3.35. The number of sulfonamides is 1. The molecule has 1 N–H and O–H groups in total. The van der Waals surface area contributed by atoms with Gasteiger partial charge in [0, 0.05) is 11.0 Å². The van der Waals surface area contributed by atoms with E-state index in [0.717, 1.165) is 19.3 Å². The van der Waals surface area contributed by atoms with Crippen LogP contribution in [-0.2, 0) is 10.0 Å². The van der Waals surface area contributed by atoms with Crippen molar-refractivity contribution in [2.45, 2.75) is 23.5 Å². The van der Waals surface area contributed by atoms with Crippen LogP contribution in [0.25, 0.3) is 0 Å². The van der Waals surface area contributed by atoms with Crippen molar-refractivity contribution in [3.8, 4) is 0 Å². The van der Waals surface area contributed by atoms with E-state index >= 15 is 0 Å². The summed E-state index contributed by atoms with van der Waals surface area (Å²) in [6, 6.07) is 1.75. The van der Waals surface area contributed by atoms with Crippen LogP contribution in [0.4, 0.5) is 0 Å². The zero-order chi connectivity index (χ0) is 12.3. The summed E-state index contributed by atoms with van der Waals surface area (Å²) in [5.41, 5.74) is 0. The minimum Gasteiger partial charge on any atom is -0.210 e. The number of halogens is 1. The third-order valence-electron chi connectivity index (χ3n) is 2.77. The summed E-state index contributed by atoms with van der Waals surface area (Å²) in [6.45, 7) is 0.525. The van der Waals surface area contributed by atoms with Gasteiger partial charge in [-0.3, -0.25) is 0 Å². The minimum atomic E-state index is -3.35. The second-order valence-corrected chi connectivity index (χ2v) is 7.79. The number of hydrogen-bond acceptors (Lipinski definition) is 3. The van der Waals surface area contributed by atoms with Gasteiger partial charge in [0.2, 0.25) is 0 Å². The van der Waals surface area contributed by atoms with Crippen molar-refractivity contribution in [2.24, 2.45) is 5.92 Å². The van der Waals surface area contributed by atoms with Crippen molar-refractivity contribution in [2.75, 3.05) is 6.54 Å². The van der Waals surface area contributed by atoms with Crippen LogP contribution in [0.3, 0.4) is 0 Å². The van der Waals surface area contributed by atoms with E-state index < -0.39 is 10.0 Å². The molecule has 3 nitrogen and oxygen atoms in total. The predicted octanol–water partition coefficient (Wildman–Crippen LogP) is 3.15. The normalized spacial score (nSPS) is 20.6. The smallest absolute Gasteiger partial charge is 0.210 e. The highest BCUT2D eigenvalue weighted by atomic mass is 79.9. The van der Waals surface area contributed by atoms with E-state index in [2.05, 4.69) is 32.8 Å². The Morgan fingerprint density at radius 3 is 2.88 bits per heavy atom. The molecule has 0 aliphatic heterocycles. The first kappa shape index (κ1) is 13.3. The van der Waals surface area contributed by atoms with Crippen LogP contribution >= 0.6 is 27.3 Å². The zero-order valence-corrected chi connectivity index (χ0v) is 12.4. The van der Waals surface area contributed by atoms with E-state index in [-0.39, 0.29) is 0 Å². The molecule has 1 atom stereocenters. The minimum absolute atomic E-state index is 0.365. The topological polar surface area (TPSA) is 46.2 Å². The van der Waals surface area contributed by atoms with E-state index in [9.17, 15) is 8.42 Å². The molecule has 17 heavy (non-hydrogen) atoms. The van der Waals surface area contributed by atoms with Crippen molar-refractivity contribution in [1.82, 2.24) is 4.72 Å². The van der Waals surface area contributed by atoms with Gasteiger partial charge >= 0.3 is 0 Å². The fraction of sp³-hybridized carbons (Fsp3) is 0.455. The molecular formula is C11H14BrNO2S2. The van der Waals surface area contributed by atoms with E-state index in [1.165, 1.54) is 11.3 Å². The van der Waals surface area contributed by atoms with Gasteiger partial charge in [-0.2, -0.15) is 0 Å². The molecule has 1 unspecified atom stereocenters. The Labute approximate surface area is 114 Å². The van der Waals surface area contributed by atoms with Gasteiger partial charge in [0.05, 0.1) is 0 Å². The van der Waals surface area contributed by atoms with Gasteiger partial charge in [-0.25, -0.2) is 13.1 Å². The molecule has 0 fully saturated rings. The number of hydrogen-bond donors (Lipinski definition) is 1. The van der Waals surface area contributed by atoms with Gasteiger partial charge in [0.1, 0.15) is 4.21 Å². The molecule has 0 amide bonds. The molecule has 6 heteroatoms. The third kappa shape index (κ3) is 3.40. The Bertz CT molecular complexity index is 507. The van der Waals surface area contributed by atoms with Crippen molar-refractivity contribution >= 4 is 37.3 Å². The summed E-state index contributed by atoms with van der Waals surface area (Å²) >= 11 is 4.48. The first-order chi connectivity index (χ1) is 8.09. The largest absolute Gasteiger partial charge is 0.251 e. The fourth-order valence-electron chi connectivity index (χ4n) is 1.81. The molecule has 1 aliphatic rings. The molecule has 0 spiro atoms. The van der Waals surface area contributed by atoms with Crippen molar-refractivity contribution in [1.29, 1.82) is 0 Å². The monoisotopic (exact) mass is 335 g/mol. The van der Waals surface area contributed by atoms with Crippen LogP contribution in [0.2, 0.25) is 0 Å². The molecule has 1 aromatic rings. The molecule has 0 bridgehead atoms. The first-order valence-electron chi connectivity index (χ1n) is 5.47. The first-order valence-corrected chi connectivity index (χ1v) is 8.63. The van der Waals surface area contributed by atoms with E-state index in [1.807, 2.05) is 0 Å². The van der Waals surface area contributed by atoms with E-state index in [4.69, 9.17) is 0 Å². The highest BCUT2D eigenvalue weighted by Gasteiger charge is 2.20. The molecular weight excluding hydrogens is 322 g/mol. The lowest BCUT2D eigenvalue weighted by molar-refractivity contribution is 0.468. The van der Waals surface area contributed by atoms with E-state index in [0.29, 0.717) is 21.1 Å². The van der Waals surface area contributed by atoms with Gasteiger partial charge in [-0.15, -0.1) is 11.3 Å². The molecule has 1 aromatic heterocycles. The van der Waals surface area contributed by atoms with E-state index in [1.54, 1.807) is 11.4 Å². The van der Waals surface area contributed by atoms with Gasteiger partial charge in [-0.1, -0.05) is 12.2 Å². The Hall–Kier alpha value is -0.170. The van der Waals surface area contributed by atoms with Crippen LogP contribution in [0.15, 0.2) is 32.3 Å². The maximum atomic E-state index is 12.0. The molecule has 1 heterocycles. The maximum absolute atomic E-state index is 12.0. The highest BCUT2D eigenvalue weighted by Crippen LogP contribution is 2.27. The Morgan fingerprint density at radius 2 is 2.29 bits per heavy atom. The molecule has 0 saturated carbocycles. The van der Waals surface area contributed by atoms with Gasteiger partial charge < -0.3 is 0 Å². The van der Waals surface area contributed by atoms with Crippen LogP contribution in [0.1, 0.15) is 19.3 Å². The maximum Gasteiger partial charge on any atom is 0.251 e. The zero-order valence-electron chi connectivity index (χ0n) is 9.23. The third-order valence-corrected chi connectivity index (χ3v) is 6.86. The number of rotatable bonds is 4. The van der Waals surface area contributed by atoms with Crippen LogP contribution in [-0.4, -0.2) is 15.0 Å². The average Bonchev–Trinajstić information content (AvgIpc) is 2.75. The Balaban J connectivity index is 1.99. The fourth-order valence-corrected chi connectivity index (χ4v) is 5.30. The Kier molecular flexibility index (Phi) is 4.41. The number of allylic oxidation sites excluding steroid dienone is 2. The summed E-state index contributed by atoms with van der Waals surface area (Å²) in [6.07, 6.45) is 7.36. The molecule has 94 valence electrons. The second kappa shape index (κ2) is 5.65. The van der Waals surface area contributed by atoms with Crippen LogP contribution in [0, 0.1) is 5.92 Å². The van der Waals surface area contributed by atoms with Crippen molar-refractivity contribution in [3.05, 3.63) is 28.1 Å². The quantitative estimate of drug-likeness (QED) is 0.859. The average molecular weight is 336 g/mol. The lowest BCUT2D eigenvalue weighted by Gasteiger charge is -2.17. The van der Waals surface area contributed by atoms with Crippen molar-refractivity contribution < 1.29 is 8.42 Å². The summed E-state index contributed by atoms with van der Waals surface area (Å²) < 4.78 is 27.7. The lowest BCUT2D eigenvalue weighted by Crippen LogP contribution is -2.29. The highest BCUT2D eigenvalue weighted by molar-refractivity contribution is 9.10. The molecule has 1 aliphatic carbocycles. The molecule has 2 rings (SSSR count). The summed E-state index contributed by atoms with van der Waals surface area (Å²) in [5.74, 6) is 0.425. The molecule has 0 aromatic carbocycles. The van der Waals surface area contributed by atoms with Gasteiger partial charge in [0.25, 0.3) is 10.0 Å². The predicted molar refractivity (Wildman–Crippen MR) is 73.7 cm³/mol.